The lowest BCUT2D eigenvalue weighted by atomic mass is 10.2. The molecule has 1 saturated carbocycles. The third kappa shape index (κ3) is 2.72. The van der Waals surface area contributed by atoms with Gasteiger partial charge in [-0.2, -0.15) is 0 Å². The van der Waals surface area contributed by atoms with Crippen LogP contribution in [0.3, 0.4) is 0 Å². The van der Waals surface area contributed by atoms with E-state index in [4.69, 9.17) is 5.73 Å². The molecule has 16 heavy (non-hydrogen) atoms. The third-order valence-electron chi connectivity index (χ3n) is 2.67. The summed E-state index contributed by atoms with van der Waals surface area (Å²) >= 11 is 1.39. The summed E-state index contributed by atoms with van der Waals surface area (Å²) in [5.74, 6) is 0.189. The smallest absolute Gasteiger partial charge is 0.228 e. The van der Waals surface area contributed by atoms with E-state index >= 15 is 0 Å². The second-order valence-electron chi connectivity index (χ2n) is 4.17. The number of hydrogen-bond acceptors (Lipinski definition) is 4. The van der Waals surface area contributed by atoms with Crippen LogP contribution in [0.25, 0.3) is 0 Å². The van der Waals surface area contributed by atoms with Gasteiger partial charge in [0.25, 0.3) is 0 Å². The van der Waals surface area contributed by atoms with Gasteiger partial charge in [-0.1, -0.05) is 6.92 Å². The number of nitrogens with two attached hydrogens (primary N) is 1. The zero-order valence-corrected chi connectivity index (χ0v) is 10.3. The molecule has 4 nitrogen and oxygen atoms in total. The number of anilines is 1. The molecule has 0 unspecified atom stereocenters. The number of nitrogens with zero attached hydrogens (tertiary/aromatic N) is 2. The highest BCUT2D eigenvalue weighted by molar-refractivity contribution is 7.13. The molecule has 1 aromatic rings. The summed E-state index contributed by atoms with van der Waals surface area (Å²) in [7, 11) is 0. The van der Waals surface area contributed by atoms with Gasteiger partial charge in [-0.15, -0.1) is 11.3 Å². The van der Waals surface area contributed by atoms with E-state index in [0.717, 1.165) is 31.5 Å². The van der Waals surface area contributed by atoms with Crippen molar-refractivity contribution in [3.63, 3.8) is 0 Å². The van der Waals surface area contributed by atoms with Crippen LogP contribution in [-0.4, -0.2) is 28.4 Å². The van der Waals surface area contributed by atoms with Gasteiger partial charge in [0.2, 0.25) is 5.91 Å². The molecule has 0 spiro atoms. The predicted molar refractivity (Wildman–Crippen MR) is 65.3 cm³/mol. The molecule has 0 aliphatic heterocycles. The SMILES string of the molecule is CCCN(C(=O)Cc1csc(N)n1)C1CC1. The van der Waals surface area contributed by atoms with Crippen molar-refractivity contribution in [2.24, 2.45) is 0 Å². The van der Waals surface area contributed by atoms with E-state index in [1.165, 1.54) is 11.3 Å². The lowest BCUT2D eigenvalue weighted by molar-refractivity contribution is -0.131. The summed E-state index contributed by atoms with van der Waals surface area (Å²) in [6, 6.07) is 0.489. The molecule has 1 aliphatic carbocycles. The van der Waals surface area contributed by atoms with E-state index < -0.39 is 0 Å². The third-order valence-corrected chi connectivity index (χ3v) is 3.40. The molecule has 1 fully saturated rings. The van der Waals surface area contributed by atoms with E-state index in [1.807, 2.05) is 10.3 Å². The molecule has 2 N–H and O–H groups in total. The predicted octanol–water partition coefficient (Wildman–Crippen LogP) is 1.67. The topological polar surface area (TPSA) is 59.2 Å². The maximum Gasteiger partial charge on any atom is 0.228 e. The first-order valence-corrected chi connectivity index (χ1v) is 6.58. The first-order chi connectivity index (χ1) is 7.70. The fraction of sp³-hybridized carbons (Fsp3) is 0.636. The molecule has 2 rings (SSSR count). The Bertz CT molecular complexity index is 373. The minimum Gasteiger partial charge on any atom is -0.375 e. The molecular weight excluding hydrogens is 222 g/mol. The van der Waals surface area contributed by atoms with Gasteiger partial charge in [-0.3, -0.25) is 4.79 Å². The van der Waals surface area contributed by atoms with Gasteiger partial charge >= 0.3 is 0 Å². The van der Waals surface area contributed by atoms with Gasteiger partial charge in [-0.25, -0.2) is 4.98 Å². The lowest BCUT2D eigenvalue weighted by Crippen LogP contribution is -2.35. The van der Waals surface area contributed by atoms with Crippen LogP contribution in [0.4, 0.5) is 5.13 Å². The van der Waals surface area contributed by atoms with Crippen molar-refractivity contribution in [1.82, 2.24) is 9.88 Å². The number of carbonyl (C=O) groups is 1. The monoisotopic (exact) mass is 239 g/mol. The number of nitrogen functional groups attached to an aromatic ring is 1. The molecule has 5 heteroatoms. The van der Waals surface area contributed by atoms with Gasteiger partial charge < -0.3 is 10.6 Å². The standard InChI is InChI=1S/C11H17N3OS/c1-2-5-14(9-3-4-9)10(15)6-8-7-16-11(12)13-8/h7,9H,2-6H2,1H3,(H2,12,13). The Balaban J connectivity index is 1.94. The minimum atomic E-state index is 0.189. The molecule has 0 radical (unpaired) electrons. The Labute approximate surface area is 99.5 Å². The van der Waals surface area contributed by atoms with E-state index in [9.17, 15) is 4.79 Å². The summed E-state index contributed by atoms with van der Waals surface area (Å²) < 4.78 is 0. The maximum atomic E-state index is 12.0. The summed E-state index contributed by atoms with van der Waals surface area (Å²) in [6.45, 7) is 2.96. The molecule has 0 saturated heterocycles. The van der Waals surface area contributed by atoms with Crippen LogP contribution in [0.15, 0.2) is 5.38 Å². The van der Waals surface area contributed by atoms with Crippen LogP contribution in [0.2, 0.25) is 0 Å². The van der Waals surface area contributed by atoms with Crippen LogP contribution in [0.5, 0.6) is 0 Å². The molecule has 0 atom stereocenters. The maximum absolute atomic E-state index is 12.0. The number of carbonyl (C=O) groups excluding carboxylic acids is 1. The summed E-state index contributed by atoms with van der Waals surface area (Å²) in [6.07, 6.45) is 3.72. The molecule has 0 bridgehead atoms. The lowest BCUT2D eigenvalue weighted by Gasteiger charge is -2.21. The van der Waals surface area contributed by atoms with Crippen LogP contribution < -0.4 is 5.73 Å². The highest BCUT2D eigenvalue weighted by Gasteiger charge is 2.31. The van der Waals surface area contributed by atoms with Crippen LogP contribution in [0, 0.1) is 0 Å². The first-order valence-electron chi connectivity index (χ1n) is 5.70. The second-order valence-corrected chi connectivity index (χ2v) is 5.06. The largest absolute Gasteiger partial charge is 0.375 e. The van der Waals surface area contributed by atoms with Crippen molar-refractivity contribution in [3.05, 3.63) is 11.1 Å². The van der Waals surface area contributed by atoms with Crippen molar-refractivity contribution in [3.8, 4) is 0 Å². The quantitative estimate of drug-likeness (QED) is 0.850. The minimum absolute atomic E-state index is 0.189. The Morgan fingerprint density at radius 3 is 2.94 bits per heavy atom. The van der Waals surface area contributed by atoms with E-state index in [0.29, 0.717) is 17.6 Å². The molecule has 88 valence electrons. The van der Waals surface area contributed by atoms with Crippen molar-refractivity contribution in [2.45, 2.75) is 38.6 Å². The fourth-order valence-corrected chi connectivity index (χ4v) is 2.36. The average Bonchev–Trinajstić information content (AvgIpc) is 3.00. The summed E-state index contributed by atoms with van der Waals surface area (Å²) in [5.41, 5.74) is 6.34. The van der Waals surface area contributed by atoms with Crippen LogP contribution in [-0.2, 0) is 11.2 Å². The Hall–Kier alpha value is -1.10. The highest BCUT2D eigenvalue weighted by Crippen LogP contribution is 2.27. The molecule has 1 aromatic heterocycles. The van der Waals surface area contributed by atoms with Gasteiger partial charge in [0.1, 0.15) is 0 Å². The Morgan fingerprint density at radius 1 is 1.69 bits per heavy atom. The van der Waals surface area contributed by atoms with Crippen molar-refractivity contribution in [1.29, 1.82) is 0 Å². The van der Waals surface area contributed by atoms with Crippen molar-refractivity contribution < 1.29 is 4.79 Å². The summed E-state index contributed by atoms with van der Waals surface area (Å²) in [4.78, 5) is 18.2. The normalized spacial score (nSPS) is 15.1. The number of rotatable bonds is 5. The highest BCUT2D eigenvalue weighted by atomic mass is 32.1. The van der Waals surface area contributed by atoms with Gasteiger partial charge in [0.15, 0.2) is 5.13 Å². The zero-order chi connectivity index (χ0) is 11.5. The van der Waals surface area contributed by atoms with Crippen LogP contribution >= 0.6 is 11.3 Å². The number of hydrogen-bond donors (Lipinski definition) is 1. The first kappa shape index (κ1) is 11.4. The number of amides is 1. The van der Waals surface area contributed by atoms with Gasteiger partial charge in [0, 0.05) is 18.0 Å². The van der Waals surface area contributed by atoms with E-state index in [1.54, 1.807) is 0 Å². The number of thiazole rings is 1. The van der Waals surface area contributed by atoms with E-state index in [2.05, 4.69) is 11.9 Å². The molecule has 1 amide bonds. The van der Waals surface area contributed by atoms with E-state index in [-0.39, 0.29) is 5.91 Å². The zero-order valence-electron chi connectivity index (χ0n) is 9.48. The van der Waals surface area contributed by atoms with Gasteiger partial charge in [0.05, 0.1) is 12.1 Å². The van der Waals surface area contributed by atoms with Gasteiger partial charge in [-0.05, 0) is 19.3 Å². The second kappa shape index (κ2) is 4.82. The molecular formula is C11H17N3OS. The molecule has 1 heterocycles. The fourth-order valence-electron chi connectivity index (χ4n) is 1.80. The Morgan fingerprint density at radius 2 is 2.44 bits per heavy atom. The van der Waals surface area contributed by atoms with Crippen molar-refractivity contribution >= 4 is 22.4 Å². The van der Waals surface area contributed by atoms with Crippen molar-refractivity contribution in [2.75, 3.05) is 12.3 Å². The Kier molecular flexibility index (Phi) is 3.43. The average molecular weight is 239 g/mol. The molecule has 1 aliphatic rings. The molecule has 0 aromatic carbocycles. The van der Waals surface area contributed by atoms with Crippen LogP contribution in [0.1, 0.15) is 31.9 Å². The summed E-state index contributed by atoms with van der Waals surface area (Å²) in [5, 5.41) is 2.40. The number of aromatic nitrogens is 1.